The number of nitrogens with zero attached hydrogens (tertiary/aromatic N) is 1. The Kier molecular flexibility index (Phi) is 8.94. The van der Waals surface area contributed by atoms with Gasteiger partial charge in [-0.15, -0.1) is 23.5 Å². The van der Waals surface area contributed by atoms with Crippen LogP contribution in [0.2, 0.25) is 0 Å². The Labute approximate surface area is 337 Å². The van der Waals surface area contributed by atoms with E-state index in [1.54, 1.807) is 23.5 Å². The van der Waals surface area contributed by atoms with Crippen LogP contribution in [-0.2, 0) is 14.2 Å². The summed E-state index contributed by atoms with van der Waals surface area (Å²) in [4.78, 5) is 28.7. The molecule has 0 bridgehead atoms. The van der Waals surface area contributed by atoms with Gasteiger partial charge >= 0.3 is 5.69 Å². The highest BCUT2D eigenvalue weighted by molar-refractivity contribution is 8.05. The van der Waals surface area contributed by atoms with Crippen molar-refractivity contribution in [2.24, 2.45) is 0 Å². The van der Waals surface area contributed by atoms with Crippen LogP contribution < -0.4 is 20.7 Å². The fraction of sp³-hybridized carbons (Fsp3) is 0.149. The molecule has 1 saturated heterocycles. The van der Waals surface area contributed by atoms with Gasteiger partial charge in [0.2, 0.25) is 0 Å². The quantitative estimate of drug-likeness (QED) is 0.158. The van der Waals surface area contributed by atoms with Gasteiger partial charge in [-0.25, -0.2) is 4.79 Å². The number of aliphatic hydroxyl groups excluding tert-OH is 1. The number of hydrogen-bond acceptors (Lipinski definition) is 8. The minimum atomic E-state index is -0.907. The summed E-state index contributed by atoms with van der Waals surface area (Å²) in [6, 6.07) is 54.4. The number of para-hydroxylation sites is 4. The van der Waals surface area contributed by atoms with Crippen molar-refractivity contribution in [3.63, 3.8) is 0 Å². The molecule has 4 atom stereocenters. The van der Waals surface area contributed by atoms with Gasteiger partial charge in [0, 0.05) is 34.5 Å². The number of fused-ring (bicyclic) bond motifs is 4. The van der Waals surface area contributed by atoms with Crippen LogP contribution in [0.4, 0.5) is 0 Å². The number of thioether (sulfide) groups is 2. The molecule has 57 heavy (non-hydrogen) atoms. The van der Waals surface area contributed by atoms with Gasteiger partial charge in [-0.3, -0.25) is 14.3 Å². The zero-order valence-corrected chi connectivity index (χ0v) is 32.1. The van der Waals surface area contributed by atoms with Crippen LogP contribution >= 0.6 is 23.5 Å². The number of nitrogens with one attached hydrogen (secondary N) is 1. The molecule has 0 saturated carbocycles. The van der Waals surface area contributed by atoms with Crippen LogP contribution in [0.25, 0.3) is 0 Å². The zero-order chi connectivity index (χ0) is 38.6. The fourth-order valence-electron chi connectivity index (χ4n) is 8.65. The van der Waals surface area contributed by atoms with Crippen LogP contribution in [0.3, 0.4) is 0 Å². The molecule has 8 nitrogen and oxygen atoms in total. The van der Waals surface area contributed by atoms with E-state index in [1.165, 1.54) is 16.8 Å². The lowest BCUT2D eigenvalue weighted by Crippen LogP contribution is -2.42. The van der Waals surface area contributed by atoms with E-state index in [0.29, 0.717) is 0 Å². The third-order valence-electron chi connectivity index (χ3n) is 11.1. The molecule has 4 heterocycles. The van der Waals surface area contributed by atoms with Crippen molar-refractivity contribution in [2.75, 3.05) is 6.61 Å². The molecular weight excluding hydrogens is 753 g/mol. The first-order chi connectivity index (χ1) is 28.0. The smallest absolute Gasteiger partial charge is 0.330 e. The van der Waals surface area contributed by atoms with E-state index in [-0.39, 0.29) is 6.61 Å². The molecule has 2 N–H and O–H groups in total. The molecule has 0 radical (unpaired) electrons. The van der Waals surface area contributed by atoms with Crippen molar-refractivity contribution in [1.82, 2.24) is 9.55 Å². The second-order valence-corrected chi connectivity index (χ2v) is 17.0. The first-order valence-corrected chi connectivity index (χ1v) is 20.6. The number of hydrogen-bond donors (Lipinski definition) is 2. The summed E-state index contributed by atoms with van der Waals surface area (Å²) in [5.74, 6) is 2.91. The lowest BCUT2D eigenvalue weighted by Gasteiger charge is -2.45. The predicted octanol–water partition coefficient (Wildman–Crippen LogP) is 8.83. The molecule has 7 aromatic rings. The molecule has 282 valence electrons. The average molecular weight is 789 g/mol. The number of aliphatic hydroxyl groups is 1. The van der Waals surface area contributed by atoms with Gasteiger partial charge in [-0.2, -0.15) is 0 Å². The van der Waals surface area contributed by atoms with Crippen molar-refractivity contribution in [2.45, 2.75) is 32.3 Å². The number of aromatic nitrogens is 2. The lowest BCUT2D eigenvalue weighted by molar-refractivity contribution is -0.0226. The zero-order valence-electron chi connectivity index (χ0n) is 30.4. The van der Waals surface area contributed by atoms with Gasteiger partial charge in [0.25, 0.3) is 5.56 Å². The maximum Gasteiger partial charge on any atom is 0.330 e. The fourth-order valence-corrected chi connectivity index (χ4v) is 12.7. The molecular formula is C47H36N2O6S2. The van der Waals surface area contributed by atoms with E-state index in [1.807, 2.05) is 109 Å². The SMILES string of the molecule is O=c1ccn([C@@H]2O[C@H](CO)[C@@H](SC3(c4ccccc4)c4ccccc4Oc4ccccc43)[C@H]2SC2(c3ccccc3)c3ccccc3Oc3ccccc32)c(=O)[nH]1. The monoisotopic (exact) mass is 788 g/mol. The second kappa shape index (κ2) is 14.3. The van der Waals surface area contributed by atoms with Crippen molar-refractivity contribution < 1.29 is 19.3 Å². The third kappa shape index (κ3) is 5.69. The molecule has 0 spiro atoms. The first kappa shape index (κ1) is 35.6. The van der Waals surface area contributed by atoms with Crippen LogP contribution in [-0.4, -0.2) is 37.9 Å². The summed E-state index contributed by atoms with van der Waals surface area (Å²) >= 11 is 3.39. The summed E-state index contributed by atoms with van der Waals surface area (Å²) in [5, 5.41) is 10.4. The Bertz CT molecular complexity index is 2630. The molecule has 6 aromatic carbocycles. The number of H-pyrrole nitrogens is 1. The van der Waals surface area contributed by atoms with E-state index in [4.69, 9.17) is 14.2 Å². The molecule has 10 heteroatoms. The standard InChI is InChI=1S/C47H36N2O6S2/c50-29-40-42(56-46(30-15-3-1-4-16-30)32-19-7-11-23-36(32)53-37-24-12-8-20-33(37)46)43(44(55-40)49-28-27-41(51)48-45(49)52)57-47(31-17-5-2-6-18-31)34-21-9-13-25-38(34)54-39-26-14-10-22-35(39)47/h1-28,40,42-44,50H,29H2,(H,48,51,52)/t40-,42-,43-,44-/m1/s1. The van der Waals surface area contributed by atoms with E-state index < -0.39 is 43.6 Å². The largest absolute Gasteiger partial charge is 0.457 e. The Morgan fingerprint density at radius 1 is 0.544 bits per heavy atom. The molecule has 0 aliphatic carbocycles. The molecule has 1 fully saturated rings. The second-order valence-electron chi connectivity index (χ2n) is 14.2. The third-order valence-corrected chi connectivity index (χ3v) is 15.0. The van der Waals surface area contributed by atoms with Gasteiger partial charge in [-0.05, 0) is 35.4 Å². The number of benzene rings is 6. The van der Waals surface area contributed by atoms with Gasteiger partial charge in [0.05, 0.1) is 32.7 Å². The Hall–Kier alpha value is -5.78. The molecule has 3 aliphatic rings. The van der Waals surface area contributed by atoms with Crippen molar-refractivity contribution in [1.29, 1.82) is 0 Å². The Morgan fingerprint density at radius 3 is 1.37 bits per heavy atom. The lowest BCUT2D eigenvalue weighted by atomic mass is 9.81. The Balaban J connectivity index is 1.25. The van der Waals surface area contributed by atoms with Crippen molar-refractivity contribution >= 4 is 23.5 Å². The summed E-state index contributed by atoms with van der Waals surface area (Å²) in [6.07, 6.45) is -0.152. The summed E-state index contributed by atoms with van der Waals surface area (Å²) < 4.78 is 19.9. The van der Waals surface area contributed by atoms with E-state index in [2.05, 4.69) is 53.5 Å². The first-order valence-electron chi connectivity index (χ1n) is 18.8. The van der Waals surface area contributed by atoms with Crippen LogP contribution in [0.15, 0.2) is 180 Å². The van der Waals surface area contributed by atoms with Crippen molar-refractivity contribution in [3.05, 3.63) is 224 Å². The van der Waals surface area contributed by atoms with Crippen LogP contribution in [0.1, 0.15) is 39.6 Å². The molecule has 0 unspecified atom stereocenters. The van der Waals surface area contributed by atoms with E-state index >= 15 is 0 Å². The van der Waals surface area contributed by atoms with Crippen molar-refractivity contribution in [3.8, 4) is 23.0 Å². The molecule has 10 rings (SSSR count). The topological polar surface area (TPSA) is 103 Å². The highest BCUT2D eigenvalue weighted by Gasteiger charge is 2.57. The maximum atomic E-state index is 13.8. The normalized spacial score (nSPS) is 20.9. The minimum Gasteiger partial charge on any atom is -0.457 e. The van der Waals surface area contributed by atoms with Crippen LogP contribution in [0.5, 0.6) is 23.0 Å². The van der Waals surface area contributed by atoms with Crippen LogP contribution in [0, 0.1) is 0 Å². The van der Waals surface area contributed by atoms with Gasteiger partial charge in [0.15, 0.2) is 6.23 Å². The minimum absolute atomic E-state index is 0.317. The molecule has 3 aliphatic heterocycles. The number of aromatic amines is 1. The summed E-state index contributed by atoms with van der Waals surface area (Å²) in [5.41, 5.74) is 4.76. The highest BCUT2D eigenvalue weighted by atomic mass is 32.2. The summed E-state index contributed by atoms with van der Waals surface area (Å²) in [6.45, 7) is -0.317. The maximum absolute atomic E-state index is 13.8. The Morgan fingerprint density at radius 2 is 0.947 bits per heavy atom. The molecule has 0 amide bonds. The number of rotatable bonds is 8. The average Bonchev–Trinajstić information content (AvgIpc) is 3.59. The summed E-state index contributed by atoms with van der Waals surface area (Å²) in [7, 11) is 0. The van der Waals surface area contributed by atoms with Gasteiger partial charge in [-0.1, -0.05) is 133 Å². The van der Waals surface area contributed by atoms with E-state index in [9.17, 15) is 14.7 Å². The van der Waals surface area contributed by atoms with Gasteiger partial charge in [0.1, 0.15) is 23.0 Å². The number of ether oxygens (including phenoxy) is 3. The predicted molar refractivity (Wildman–Crippen MR) is 224 cm³/mol. The van der Waals surface area contributed by atoms with E-state index in [0.717, 1.165) is 56.4 Å². The van der Waals surface area contributed by atoms with Gasteiger partial charge < -0.3 is 19.3 Å². The molecule has 1 aromatic heterocycles. The highest BCUT2D eigenvalue weighted by Crippen LogP contribution is 2.65.